The highest BCUT2D eigenvalue weighted by molar-refractivity contribution is 7.12. The van der Waals surface area contributed by atoms with E-state index in [1.54, 1.807) is 0 Å². The fraction of sp³-hybridized carbons (Fsp3) is 0.0270. The van der Waals surface area contributed by atoms with Gasteiger partial charge >= 0.3 is 0 Å². The van der Waals surface area contributed by atoms with Crippen molar-refractivity contribution in [2.75, 3.05) is 4.90 Å². The quantitative estimate of drug-likeness (QED) is 0.152. The Morgan fingerprint density at radius 2 is 0.615 bits per heavy atom. The van der Waals surface area contributed by atoms with Gasteiger partial charge in [0.05, 0.1) is 5.67 Å². The maximum absolute atomic E-state index is 2.80. The number of hydrogen-bond donors (Lipinski definition) is 0. The molecule has 188 valence electrons. The van der Waals surface area contributed by atoms with Gasteiger partial charge in [0.25, 0.3) is 0 Å². The van der Waals surface area contributed by atoms with Crippen LogP contribution in [0.15, 0.2) is 182 Å². The summed E-state index contributed by atoms with van der Waals surface area (Å²) >= 11 is 0. The lowest BCUT2D eigenvalue weighted by Crippen LogP contribution is -2.73. The second-order valence-corrected chi connectivity index (χ2v) is 13.7. The van der Waals surface area contributed by atoms with Gasteiger partial charge in [0.1, 0.15) is 0 Å². The Hall–Kier alpha value is -4.66. The van der Waals surface area contributed by atoms with Crippen LogP contribution in [0.2, 0.25) is 0 Å². The van der Waals surface area contributed by atoms with Crippen molar-refractivity contribution in [3.8, 4) is 0 Å². The number of hydrogen-bond acceptors (Lipinski definition) is 1. The lowest BCUT2D eigenvalue weighted by molar-refractivity contribution is 0.908. The van der Waals surface area contributed by atoms with Crippen LogP contribution in [-0.4, -0.2) is 8.07 Å². The highest BCUT2D eigenvalue weighted by Crippen LogP contribution is 2.40. The van der Waals surface area contributed by atoms with Crippen LogP contribution < -0.4 is 20.5 Å². The van der Waals surface area contributed by atoms with Crippen molar-refractivity contribution < 1.29 is 0 Å². The van der Waals surface area contributed by atoms with Crippen molar-refractivity contribution in [1.29, 1.82) is 0 Å². The number of rotatable bonds is 8. The summed E-state index contributed by atoms with van der Waals surface area (Å²) in [7, 11) is -2.80. The largest absolute Gasteiger partial charge is 0.336 e. The maximum atomic E-state index is 2.58. The number of nitrogens with zero attached hydrogens (tertiary/aromatic N) is 1. The van der Waals surface area contributed by atoms with Crippen LogP contribution in [0.1, 0.15) is 11.2 Å². The van der Waals surface area contributed by atoms with Crippen molar-refractivity contribution in [3.63, 3.8) is 0 Å². The van der Waals surface area contributed by atoms with Crippen LogP contribution in [-0.2, 0) is 0 Å². The van der Waals surface area contributed by atoms with Gasteiger partial charge in [0, 0.05) is 11.4 Å². The van der Waals surface area contributed by atoms with Gasteiger partial charge < -0.3 is 4.90 Å². The molecule has 1 atom stereocenters. The van der Waals surface area contributed by atoms with E-state index in [1.807, 2.05) is 0 Å². The molecule has 0 fully saturated rings. The average molecular weight is 518 g/mol. The molecule has 0 radical (unpaired) electrons. The van der Waals surface area contributed by atoms with Crippen LogP contribution >= 0.6 is 0 Å². The molecule has 6 aromatic rings. The van der Waals surface area contributed by atoms with Crippen molar-refractivity contribution >= 4 is 35.0 Å². The summed E-state index contributed by atoms with van der Waals surface area (Å²) in [5, 5.41) is 4.15. The van der Waals surface area contributed by atoms with Crippen molar-refractivity contribution in [3.05, 3.63) is 188 Å². The minimum Gasteiger partial charge on any atom is -0.336 e. The predicted octanol–water partition coefficient (Wildman–Crippen LogP) is 7.28. The molecule has 0 heterocycles. The number of para-hydroxylation sites is 2. The van der Waals surface area contributed by atoms with Gasteiger partial charge in [-0.05, 0) is 45.4 Å². The standard InChI is InChI=1S/C37H31NSi/c1-7-19-31(20-8-1)37(38(32-21-9-2-10-22-32)33-23-11-3-12-24-33)39(34-25-13-4-14-26-34,35-27-15-5-16-28-35)36-29-17-6-18-30-36/h1-30,37H/t37-/m0/s1. The molecule has 1 nitrogen and oxygen atoms in total. The van der Waals surface area contributed by atoms with Gasteiger partial charge in [0.15, 0.2) is 8.07 Å². The number of benzene rings is 6. The fourth-order valence-corrected chi connectivity index (χ4v) is 11.4. The molecule has 0 unspecified atom stereocenters. The predicted molar refractivity (Wildman–Crippen MR) is 168 cm³/mol. The summed E-state index contributed by atoms with van der Waals surface area (Å²) in [4.78, 5) is 2.58. The van der Waals surface area contributed by atoms with Crippen LogP contribution in [0.25, 0.3) is 0 Å². The first-order valence-electron chi connectivity index (χ1n) is 13.5. The lowest BCUT2D eigenvalue weighted by Gasteiger charge is -2.47. The van der Waals surface area contributed by atoms with Crippen molar-refractivity contribution in [2.45, 2.75) is 5.67 Å². The summed E-state index contributed by atoms with van der Waals surface area (Å²) in [6, 6.07) is 66.4. The highest BCUT2D eigenvalue weighted by atomic mass is 28.3. The normalized spacial score (nSPS) is 12.0. The Kier molecular flexibility index (Phi) is 7.20. The van der Waals surface area contributed by atoms with Gasteiger partial charge in [-0.15, -0.1) is 0 Å². The molecule has 2 heteroatoms. The molecule has 0 N–H and O–H groups in total. The SMILES string of the molecule is c1ccc([C@@H](N(c2ccccc2)c2ccccc2)[Si](c2ccccc2)(c2ccccc2)c2ccccc2)cc1. The molecule has 0 aliphatic carbocycles. The van der Waals surface area contributed by atoms with E-state index >= 15 is 0 Å². The zero-order valence-electron chi connectivity index (χ0n) is 21.8. The Morgan fingerprint density at radius 3 is 0.949 bits per heavy atom. The molecule has 39 heavy (non-hydrogen) atoms. The molecule has 0 amide bonds. The summed E-state index contributed by atoms with van der Waals surface area (Å²) in [5.41, 5.74) is 3.68. The summed E-state index contributed by atoms with van der Waals surface area (Å²) in [6.07, 6.45) is 0. The topological polar surface area (TPSA) is 3.24 Å². The van der Waals surface area contributed by atoms with Gasteiger partial charge in [-0.3, -0.25) is 0 Å². The Balaban J connectivity index is 1.79. The third kappa shape index (κ3) is 4.71. The molecule has 0 aliphatic heterocycles. The Morgan fingerprint density at radius 1 is 0.333 bits per heavy atom. The monoisotopic (exact) mass is 517 g/mol. The summed E-state index contributed by atoms with van der Waals surface area (Å²) in [5.74, 6) is 0. The van der Waals surface area contributed by atoms with Gasteiger partial charge in [-0.1, -0.05) is 158 Å². The fourth-order valence-electron chi connectivity index (χ4n) is 5.93. The van der Waals surface area contributed by atoms with E-state index in [1.165, 1.54) is 32.5 Å². The summed E-state index contributed by atoms with van der Waals surface area (Å²) < 4.78 is 0. The molecule has 6 aromatic carbocycles. The molecule has 6 rings (SSSR count). The van der Waals surface area contributed by atoms with E-state index < -0.39 is 8.07 Å². The summed E-state index contributed by atoms with van der Waals surface area (Å²) in [6.45, 7) is 0. The molecular weight excluding hydrogens is 487 g/mol. The van der Waals surface area contributed by atoms with E-state index in [2.05, 4.69) is 187 Å². The number of anilines is 2. The molecule has 0 saturated carbocycles. The minimum atomic E-state index is -2.80. The Bertz CT molecular complexity index is 1440. The van der Waals surface area contributed by atoms with E-state index in [-0.39, 0.29) is 5.67 Å². The zero-order chi connectivity index (χ0) is 26.3. The first-order valence-corrected chi connectivity index (χ1v) is 15.6. The van der Waals surface area contributed by atoms with Crippen LogP contribution in [0.5, 0.6) is 0 Å². The molecule has 0 saturated heterocycles. The minimum absolute atomic E-state index is 0.0238. The van der Waals surface area contributed by atoms with Crippen molar-refractivity contribution in [2.24, 2.45) is 0 Å². The molecule has 0 aromatic heterocycles. The van der Waals surface area contributed by atoms with E-state index in [4.69, 9.17) is 0 Å². The first kappa shape index (κ1) is 24.7. The van der Waals surface area contributed by atoms with Crippen LogP contribution in [0.4, 0.5) is 11.4 Å². The first-order chi connectivity index (χ1) is 19.4. The second-order valence-electron chi connectivity index (χ2n) is 9.76. The van der Waals surface area contributed by atoms with Gasteiger partial charge in [-0.2, -0.15) is 0 Å². The van der Waals surface area contributed by atoms with Crippen molar-refractivity contribution in [1.82, 2.24) is 0 Å². The molecule has 0 spiro atoms. The zero-order valence-corrected chi connectivity index (χ0v) is 22.8. The highest BCUT2D eigenvalue weighted by Gasteiger charge is 2.50. The smallest absolute Gasteiger partial charge is 0.177 e. The Labute approximate surface area is 232 Å². The lowest BCUT2D eigenvalue weighted by atomic mass is 10.1. The average Bonchev–Trinajstić information content (AvgIpc) is 3.04. The van der Waals surface area contributed by atoms with E-state index in [9.17, 15) is 0 Å². The maximum Gasteiger partial charge on any atom is 0.177 e. The van der Waals surface area contributed by atoms with E-state index in [0.29, 0.717) is 0 Å². The van der Waals surface area contributed by atoms with Crippen LogP contribution in [0, 0.1) is 0 Å². The van der Waals surface area contributed by atoms with E-state index in [0.717, 1.165) is 0 Å². The molecular formula is C37H31NSi. The van der Waals surface area contributed by atoms with Crippen LogP contribution in [0.3, 0.4) is 0 Å². The molecule has 0 aliphatic rings. The van der Waals surface area contributed by atoms with Gasteiger partial charge in [-0.25, -0.2) is 0 Å². The van der Waals surface area contributed by atoms with Gasteiger partial charge in [0.2, 0.25) is 0 Å². The third-order valence-electron chi connectivity index (χ3n) is 7.54. The second kappa shape index (κ2) is 11.4. The molecule has 0 bridgehead atoms. The third-order valence-corrected chi connectivity index (χ3v) is 12.7.